The van der Waals surface area contributed by atoms with Crippen LogP contribution in [0.25, 0.3) is 11.4 Å². The molecule has 0 unspecified atom stereocenters. The average molecular weight is 532 g/mol. The number of hydrogen-bond donors (Lipinski definition) is 1. The second-order valence-corrected chi connectivity index (χ2v) is 9.00. The van der Waals surface area contributed by atoms with Crippen LogP contribution in [0.1, 0.15) is 25.0 Å². The minimum atomic E-state index is -2.86. The zero-order valence-electron chi connectivity index (χ0n) is 21.5. The lowest BCUT2D eigenvalue weighted by Crippen LogP contribution is -2.44. The molecule has 0 atom stereocenters. The van der Waals surface area contributed by atoms with Gasteiger partial charge < -0.3 is 25.2 Å². The molecule has 4 rings (SSSR count). The van der Waals surface area contributed by atoms with E-state index in [9.17, 15) is 13.6 Å². The van der Waals surface area contributed by atoms with Crippen molar-refractivity contribution in [2.45, 2.75) is 19.3 Å². The minimum Gasteiger partial charge on any atom is -0.378 e. The van der Waals surface area contributed by atoms with Crippen LogP contribution in [-0.2, 0) is 9.53 Å². The lowest BCUT2D eigenvalue weighted by Gasteiger charge is -2.29. The van der Waals surface area contributed by atoms with Crippen LogP contribution in [0.2, 0.25) is 0 Å². The summed E-state index contributed by atoms with van der Waals surface area (Å²) in [5.74, 6) is 0.574. The Hall–Kier alpha value is -3.81. The molecule has 2 aliphatic rings. The van der Waals surface area contributed by atoms with E-state index in [-0.39, 0.29) is 23.2 Å². The van der Waals surface area contributed by atoms with E-state index in [0.717, 1.165) is 25.9 Å². The van der Waals surface area contributed by atoms with E-state index in [1.807, 2.05) is 9.80 Å². The predicted octanol–water partition coefficient (Wildman–Crippen LogP) is 1.01. The number of ether oxygens (including phenoxy) is 1. The number of morpholine rings is 1. The summed E-state index contributed by atoms with van der Waals surface area (Å²) in [5, 5.41) is 0. The predicted molar refractivity (Wildman–Crippen MR) is 139 cm³/mol. The summed E-state index contributed by atoms with van der Waals surface area (Å²) in [6, 6.07) is 0. The van der Waals surface area contributed by atoms with E-state index < -0.39 is 12.1 Å². The number of alkyl halides is 2. The van der Waals surface area contributed by atoms with Gasteiger partial charge in [0, 0.05) is 39.3 Å². The van der Waals surface area contributed by atoms with Crippen molar-refractivity contribution in [1.29, 1.82) is 0 Å². The number of halogens is 2. The van der Waals surface area contributed by atoms with Gasteiger partial charge in [-0.3, -0.25) is 4.79 Å². The highest BCUT2D eigenvalue weighted by atomic mass is 19.3. The number of amides is 1. The van der Waals surface area contributed by atoms with Gasteiger partial charge in [0.2, 0.25) is 23.8 Å². The molecule has 12 nitrogen and oxygen atoms in total. The molecule has 2 saturated heterocycles. The zero-order chi connectivity index (χ0) is 27.1. The largest absolute Gasteiger partial charge is 0.378 e. The normalized spacial score (nSPS) is 16.1. The van der Waals surface area contributed by atoms with Gasteiger partial charge in [0.1, 0.15) is 11.9 Å². The van der Waals surface area contributed by atoms with Crippen LogP contribution in [0.4, 0.5) is 26.6 Å². The number of nitrogen functional groups attached to an aromatic ring is 1. The third kappa shape index (κ3) is 6.73. The van der Waals surface area contributed by atoms with Gasteiger partial charge >= 0.3 is 0 Å². The molecule has 1 amide bonds. The third-order valence-electron chi connectivity index (χ3n) is 6.42. The van der Waals surface area contributed by atoms with Gasteiger partial charge in [0.15, 0.2) is 18.9 Å². The van der Waals surface area contributed by atoms with Crippen molar-refractivity contribution in [2.75, 3.05) is 81.6 Å². The number of likely N-dealkylation sites (N-methyl/N-ethyl adjacent to an activating group) is 1. The van der Waals surface area contributed by atoms with Crippen molar-refractivity contribution in [2.24, 2.45) is 0 Å². The number of carbonyl (C=O) groups excluding carboxylic acids is 1. The Morgan fingerprint density at radius 2 is 1.82 bits per heavy atom. The lowest BCUT2D eigenvalue weighted by atomic mass is 10.2. The van der Waals surface area contributed by atoms with Crippen LogP contribution in [-0.4, -0.2) is 113 Å². The topological polar surface area (TPSA) is 130 Å². The summed E-state index contributed by atoms with van der Waals surface area (Å²) in [5.41, 5.74) is 5.08. The number of unbranched alkanes of at least 4 members (excludes halogenated alkanes) is 1. The van der Waals surface area contributed by atoms with E-state index in [1.54, 1.807) is 11.9 Å². The molecule has 0 saturated carbocycles. The Bertz CT molecular complexity index is 1160. The van der Waals surface area contributed by atoms with E-state index in [0.29, 0.717) is 57.8 Å². The SMILES string of the molecule is C=CC(=O)N(C)CCCC=[N+]1CCN(c2nc(-c3cnc(N)nc3C(F)F)nc(N3CCOCC3)n2)CC1. The fraction of sp³-hybridized carbons (Fsp3) is 0.542. The van der Waals surface area contributed by atoms with Crippen molar-refractivity contribution in [3.05, 3.63) is 24.5 Å². The summed E-state index contributed by atoms with van der Waals surface area (Å²) in [7, 11) is 1.76. The molecule has 0 aliphatic carbocycles. The summed E-state index contributed by atoms with van der Waals surface area (Å²) in [6.45, 7) is 9.19. The summed E-state index contributed by atoms with van der Waals surface area (Å²) >= 11 is 0. The second kappa shape index (κ2) is 12.6. The van der Waals surface area contributed by atoms with Crippen LogP contribution in [0, 0.1) is 0 Å². The first kappa shape index (κ1) is 27.2. The first-order chi connectivity index (χ1) is 18.4. The molecule has 0 bridgehead atoms. The maximum Gasteiger partial charge on any atom is 0.281 e. The second-order valence-electron chi connectivity index (χ2n) is 9.00. The number of anilines is 3. The van der Waals surface area contributed by atoms with E-state index in [1.165, 1.54) is 12.3 Å². The Morgan fingerprint density at radius 1 is 1.16 bits per heavy atom. The average Bonchev–Trinajstić information content (AvgIpc) is 2.95. The van der Waals surface area contributed by atoms with Crippen molar-refractivity contribution in [3.8, 4) is 11.4 Å². The minimum absolute atomic E-state index is 0.0271. The smallest absolute Gasteiger partial charge is 0.281 e. The molecular formula is C24H33F2N10O2+. The molecule has 2 aromatic heterocycles. The van der Waals surface area contributed by atoms with Gasteiger partial charge in [-0.15, -0.1) is 0 Å². The first-order valence-corrected chi connectivity index (χ1v) is 12.5. The molecule has 0 radical (unpaired) electrons. The standard InChI is InChI=1S/C24H33F2N10O2/c1-3-18(37)33(2)6-4-5-7-34-8-10-35(11-9-34)23-30-21(17-16-28-22(27)29-19(17)20(25)26)31-24(32-23)36-12-14-38-15-13-36/h3,7,16,20H,1,4-6,8-15H2,2H3,(H2,27,28,29)/q+1. The number of piperazine rings is 1. The van der Waals surface area contributed by atoms with Gasteiger partial charge in [0.25, 0.3) is 6.43 Å². The summed E-state index contributed by atoms with van der Waals surface area (Å²) in [4.78, 5) is 38.6. The first-order valence-electron chi connectivity index (χ1n) is 12.5. The maximum atomic E-state index is 13.8. The quantitative estimate of drug-likeness (QED) is 0.284. The number of rotatable bonds is 9. The van der Waals surface area contributed by atoms with E-state index in [4.69, 9.17) is 10.5 Å². The fourth-order valence-corrected chi connectivity index (χ4v) is 4.24. The number of hydrogen-bond acceptors (Lipinski definition) is 10. The highest BCUT2D eigenvalue weighted by molar-refractivity contribution is 5.86. The van der Waals surface area contributed by atoms with Crippen molar-refractivity contribution in [1.82, 2.24) is 29.8 Å². The van der Waals surface area contributed by atoms with Crippen LogP contribution < -0.4 is 15.5 Å². The van der Waals surface area contributed by atoms with Gasteiger partial charge in [-0.25, -0.2) is 23.3 Å². The van der Waals surface area contributed by atoms with Crippen molar-refractivity contribution in [3.63, 3.8) is 0 Å². The van der Waals surface area contributed by atoms with Crippen molar-refractivity contribution >= 4 is 30.0 Å². The number of carbonyl (C=O) groups is 1. The van der Waals surface area contributed by atoms with Gasteiger partial charge in [-0.2, -0.15) is 15.0 Å². The number of nitrogens with zero attached hydrogens (tertiary/aromatic N) is 9. The summed E-state index contributed by atoms with van der Waals surface area (Å²) < 4.78 is 35.3. The Kier molecular flexibility index (Phi) is 9.05. The third-order valence-corrected chi connectivity index (χ3v) is 6.42. The molecule has 14 heteroatoms. The molecule has 2 N–H and O–H groups in total. The monoisotopic (exact) mass is 531 g/mol. The molecule has 38 heavy (non-hydrogen) atoms. The van der Waals surface area contributed by atoms with Crippen LogP contribution in [0.3, 0.4) is 0 Å². The molecule has 204 valence electrons. The van der Waals surface area contributed by atoms with Crippen LogP contribution >= 0.6 is 0 Å². The highest BCUT2D eigenvalue weighted by Gasteiger charge is 2.26. The number of aromatic nitrogens is 5. The van der Waals surface area contributed by atoms with E-state index >= 15 is 0 Å². The Balaban J connectivity index is 1.51. The molecule has 0 spiro atoms. The molecule has 0 aromatic carbocycles. The molecule has 4 heterocycles. The van der Waals surface area contributed by atoms with Crippen LogP contribution in [0.5, 0.6) is 0 Å². The fourth-order valence-electron chi connectivity index (χ4n) is 4.24. The molecule has 2 aromatic rings. The zero-order valence-corrected chi connectivity index (χ0v) is 21.5. The molecule has 2 aliphatic heterocycles. The number of nitrogens with two attached hydrogens (primary N) is 1. The van der Waals surface area contributed by atoms with Gasteiger partial charge in [0.05, 0.1) is 31.9 Å². The Labute approximate surface area is 219 Å². The van der Waals surface area contributed by atoms with Gasteiger partial charge in [-0.1, -0.05) is 6.58 Å². The molecular weight excluding hydrogens is 498 g/mol. The molecule has 2 fully saturated rings. The van der Waals surface area contributed by atoms with E-state index in [2.05, 4.69) is 42.3 Å². The van der Waals surface area contributed by atoms with Crippen molar-refractivity contribution < 1.29 is 22.9 Å². The summed E-state index contributed by atoms with van der Waals surface area (Å²) in [6.07, 6.45) is 3.54. The lowest BCUT2D eigenvalue weighted by molar-refractivity contribution is -0.526. The van der Waals surface area contributed by atoms with Crippen LogP contribution in [0.15, 0.2) is 18.9 Å². The highest BCUT2D eigenvalue weighted by Crippen LogP contribution is 2.29. The Morgan fingerprint density at radius 3 is 2.45 bits per heavy atom. The maximum absolute atomic E-state index is 13.8. The van der Waals surface area contributed by atoms with Gasteiger partial charge in [-0.05, 0) is 12.5 Å².